The van der Waals surface area contributed by atoms with Crippen molar-refractivity contribution in [1.82, 2.24) is 4.98 Å². The molecule has 26 heavy (non-hydrogen) atoms. The molecule has 0 N–H and O–H groups in total. The molecule has 0 atom stereocenters. The fraction of sp³-hybridized carbons (Fsp3) is 0.111. The van der Waals surface area contributed by atoms with Gasteiger partial charge in [0.2, 0.25) is 0 Å². The van der Waals surface area contributed by atoms with Crippen LogP contribution in [0.15, 0.2) is 47.8 Å². The zero-order chi connectivity index (χ0) is 17.8. The van der Waals surface area contributed by atoms with Gasteiger partial charge in [0, 0.05) is 27.4 Å². The molecule has 8 heteroatoms. The van der Waals surface area contributed by atoms with Gasteiger partial charge in [-0.3, -0.25) is 0 Å². The molecule has 3 rings (SSSR count). The SMILES string of the molecule is O=C([O-])c1nc(Cc2cc(Cl)ccc2OCc2ccc(Cl)cc2)cs1.[Na+]. The van der Waals surface area contributed by atoms with Crippen LogP contribution in [0.1, 0.15) is 26.6 Å². The molecule has 0 unspecified atom stereocenters. The average Bonchev–Trinajstić information content (AvgIpc) is 3.04. The summed E-state index contributed by atoms with van der Waals surface area (Å²) in [7, 11) is 0. The van der Waals surface area contributed by atoms with Crippen LogP contribution >= 0.6 is 34.5 Å². The Morgan fingerprint density at radius 2 is 1.81 bits per heavy atom. The number of ether oxygens (including phenoxy) is 1. The number of carbonyl (C=O) groups is 1. The molecular weight excluding hydrogens is 404 g/mol. The van der Waals surface area contributed by atoms with Gasteiger partial charge in [-0.1, -0.05) is 35.3 Å². The van der Waals surface area contributed by atoms with Crippen molar-refractivity contribution in [3.63, 3.8) is 0 Å². The van der Waals surface area contributed by atoms with E-state index in [2.05, 4.69) is 4.98 Å². The number of carboxylic acids is 1. The van der Waals surface area contributed by atoms with E-state index in [9.17, 15) is 9.90 Å². The predicted molar refractivity (Wildman–Crippen MR) is 96.5 cm³/mol. The monoisotopic (exact) mass is 415 g/mol. The van der Waals surface area contributed by atoms with E-state index in [-0.39, 0.29) is 34.6 Å². The Balaban J connectivity index is 0.00000243. The first-order valence-corrected chi connectivity index (χ1v) is 8.96. The van der Waals surface area contributed by atoms with Crippen LogP contribution < -0.4 is 39.4 Å². The van der Waals surface area contributed by atoms with Crippen LogP contribution in [0.25, 0.3) is 0 Å². The molecule has 0 radical (unpaired) electrons. The van der Waals surface area contributed by atoms with E-state index in [4.69, 9.17) is 27.9 Å². The van der Waals surface area contributed by atoms with Crippen molar-refractivity contribution in [3.8, 4) is 5.75 Å². The molecule has 2 aromatic carbocycles. The Morgan fingerprint density at radius 1 is 1.12 bits per heavy atom. The van der Waals surface area contributed by atoms with Gasteiger partial charge in [0.1, 0.15) is 23.3 Å². The molecule has 3 aromatic rings. The van der Waals surface area contributed by atoms with Gasteiger partial charge in [-0.05, 0) is 35.9 Å². The van der Waals surface area contributed by atoms with Crippen molar-refractivity contribution in [2.24, 2.45) is 0 Å². The molecule has 1 heterocycles. The third kappa shape index (κ3) is 5.71. The van der Waals surface area contributed by atoms with Crippen LogP contribution in [0.5, 0.6) is 5.75 Å². The van der Waals surface area contributed by atoms with Gasteiger partial charge in [-0.25, -0.2) is 4.98 Å². The number of nitrogens with zero attached hydrogens (tertiary/aromatic N) is 1. The summed E-state index contributed by atoms with van der Waals surface area (Å²) in [5, 5.41) is 13.7. The molecule has 0 aliphatic carbocycles. The molecule has 0 bridgehead atoms. The summed E-state index contributed by atoms with van der Waals surface area (Å²) in [4.78, 5) is 14.9. The van der Waals surface area contributed by atoms with E-state index in [1.165, 1.54) is 0 Å². The van der Waals surface area contributed by atoms with Crippen LogP contribution in [0.2, 0.25) is 10.0 Å². The second kappa shape index (κ2) is 9.74. The van der Waals surface area contributed by atoms with Gasteiger partial charge in [-0.2, -0.15) is 0 Å². The van der Waals surface area contributed by atoms with Gasteiger partial charge >= 0.3 is 29.6 Å². The number of halogens is 2. The number of rotatable bonds is 6. The van der Waals surface area contributed by atoms with Crippen molar-refractivity contribution in [2.45, 2.75) is 13.0 Å². The topological polar surface area (TPSA) is 62.2 Å². The standard InChI is InChI=1S/C18H13Cl2NO3S.Na/c19-13-3-1-11(2-4-13)9-24-16-6-5-14(20)7-12(16)8-15-10-25-17(21-15)18(22)23;/h1-7,10H,8-9H2,(H,22,23);/q;+1/p-1. The third-order valence-corrected chi connectivity index (χ3v) is 4.79. The van der Waals surface area contributed by atoms with Crippen molar-refractivity contribution >= 4 is 40.5 Å². The smallest absolute Gasteiger partial charge is 0.542 e. The van der Waals surface area contributed by atoms with E-state index >= 15 is 0 Å². The molecule has 0 saturated heterocycles. The Hall–Kier alpha value is -1.08. The van der Waals surface area contributed by atoms with Crippen LogP contribution in [0.4, 0.5) is 0 Å². The summed E-state index contributed by atoms with van der Waals surface area (Å²) in [6.07, 6.45) is 0.417. The summed E-state index contributed by atoms with van der Waals surface area (Å²) in [6.45, 7) is 0.382. The fourth-order valence-corrected chi connectivity index (χ4v) is 3.22. The molecule has 0 spiro atoms. The second-order valence-corrected chi connectivity index (χ2v) is 7.01. The van der Waals surface area contributed by atoms with E-state index in [0.29, 0.717) is 34.5 Å². The van der Waals surface area contributed by atoms with E-state index in [1.54, 1.807) is 35.7 Å². The summed E-state index contributed by atoms with van der Waals surface area (Å²) in [5.74, 6) is -0.607. The number of carbonyl (C=O) groups excluding carboxylic acids is 1. The van der Waals surface area contributed by atoms with Gasteiger partial charge in [-0.15, -0.1) is 11.3 Å². The van der Waals surface area contributed by atoms with Crippen molar-refractivity contribution in [3.05, 3.63) is 79.7 Å². The maximum atomic E-state index is 10.9. The van der Waals surface area contributed by atoms with Crippen LogP contribution in [0, 0.1) is 0 Å². The Labute approximate surface area is 187 Å². The third-order valence-electron chi connectivity index (χ3n) is 3.43. The minimum absolute atomic E-state index is 0. The summed E-state index contributed by atoms with van der Waals surface area (Å²) in [5.41, 5.74) is 2.44. The van der Waals surface area contributed by atoms with Crippen molar-refractivity contribution < 1.29 is 44.2 Å². The van der Waals surface area contributed by atoms with Crippen molar-refractivity contribution in [1.29, 1.82) is 0 Å². The largest absolute Gasteiger partial charge is 1.00 e. The molecule has 4 nitrogen and oxygen atoms in total. The van der Waals surface area contributed by atoms with E-state index in [0.717, 1.165) is 22.5 Å². The van der Waals surface area contributed by atoms with Gasteiger partial charge in [0.05, 0.1) is 5.69 Å². The quantitative estimate of drug-likeness (QED) is 0.563. The molecule has 0 fully saturated rings. The average molecular weight is 416 g/mol. The first kappa shape index (κ1) is 21.2. The molecule has 0 amide bonds. The zero-order valence-electron chi connectivity index (χ0n) is 13.9. The number of aromatic nitrogens is 1. The number of carboxylic acid groups (broad SMARTS) is 1. The Kier molecular flexibility index (Phi) is 7.95. The summed E-state index contributed by atoms with van der Waals surface area (Å²) >= 11 is 13.0. The van der Waals surface area contributed by atoms with Gasteiger partial charge in [0.25, 0.3) is 0 Å². The minimum atomic E-state index is -1.28. The molecule has 128 valence electrons. The number of hydrogen-bond acceptors (Lipinski definition) is 5. The maximum absolute atomic E-state index is 10.9. The second-order valence-electron chi connectivity index (χ2n) is 5.28. The fourth-order valence-electron chi connectivity index (χ4n) is 2.25. The number of hydrogen-bond donors (Lipinski definition) is 0. The first-order chi connectivity index (χ1) is 12.0. The Morgan fingerprint density at radius 3 is 2.46 bits per heavy atom. The molecule has 0 saturated carbocycles. The van der Waals surface area contributed by atoms with Crippen LogP contribution in [-0.4, -0.2) is 11.0 Å². The van der Waals surface area contributed by atoms with E-state index in [1.807, 2.05) is 12.1 Å². The van der Waals surface area contributed by atoms with Crippen LogP contribution in [-0.2, 0) is 13.0 Å². The van der Waals surface area contributed by atoms with E-state index < -0.39 is 5.97 Å². The Bertz CT molecular complexity index is 900. The van der Waals surface area contributed by atoms with Crippen LogP contribution in [0.3, 0.4) is 0 Å². The number of aromatic carboxylic acids is 1. The number of benzene rings is 2. The zero-order valence-corrected chi connectivity index (χ0v) is 18.2. The maximum Gasteiger partial charge on any atom is 1.00 e. The molecule has 1 aromatic heterocycles. The van der Waals surface area contributed by atoms with Gasteiger partial charge < -0.3 is 14.6 Å². The number of thiazole rings is 1. The molecule has 0 aliphatic heterocycles. The first-order valence-electron chi connectivity index (χ1n) is 7.32. The van der Waals surface area contributed by atoms with Crippen molar-refractivity contribution in [2.75, 3.05) is 0 Å². The minimum Gasteiger partial charge on any atom is -0.542 e. The molecular formula is C18H12Cl2NNaO3S. The predicted octanol–water partition coefficient (Wildman–Crippen LogP) is 0.987. The normalized spacial score (nSPS) is 10.2. The van der Waals surface area contributed by atoms with Gasteiger partial charge in [0.15, 0.2) is 0 Å². The summed E-state index contributed by atoms with van der Waals surface area (Å²) < 4.78 is 5.89. The summed E-state index contributed by atoms with van der Waals surface area (Å²) in [6, 6.07) is 12.7. The molecule has 0 aliphatic rings.